The van der Waals surface area contributed by atoms with E-state index in [4.69, 9.17) is 9.47 Å². The highest BCUT2D eigenvalue weighted by Crippen LogP contribution is 2.21. The van der Waals surface area contributed by atoms with Crippen molar-refractivity contribution in [1.29, 1.82) is 0 Å². The predicted molar refractivity (Wildman–Crippen MR) is 78.1 cm³/mol. The number of anilines is 1. The van der Waals surface area contributed by atoms with Crippen molar-refractivity contribution >= 4 is 11.6 Å². The van der Waals surface area contributed by atoms with Crippen LogP contribution < -0.4 is 14.8 Å². The molecule has 0 bridgehead atoms. The lowest BCUT2D eigenvalue weighted by Gasteiger charge is -2.15. The van der Waals surface area contributed by atoms with Gasteiger partial charge in [-0.2, -0.15) is 0 Å². The first-order valence-corrected chi connectivity index (χ1v) is 6.56. The number of carbonyl (C=O) groups is 1. The van der Waals surface area contributed by atoms with Gasteiger partial charge < -0.3 is 14.8 Å². The molecular formula is C16H15F2NO3. The first kappa shape index (κ1) is 15.8. The minimum Gasteiger partial charge on any atom is -0.497 e. The highest BCUT2D eigenvalue weighted by molar-refractivity contribution is 5.94. The molecule has 1 atom stereocenters. The molecule has 0 fully saturated rings. The van der Waals surface area contributed by atoms with Crippen molar-refractivity contribution in [2.75, 3.05) is 12.4 Å². The predicted octanol–water partition coefficient (Wildman–Crippen LogP) is 3.38. The number of hydrogen-bond donors (Lipinski definition) is 1. The van der Waals surface area contributed by atoms with E-state index in [2.05, 4.69) is 5.32 Å². The van der Waals surface area contributed by atoms with E-state index in [1.54, 1.807) is 24.3 Å². The second-order valence-corrected chi connectivity index (χ2v) is 4.55. The summed E-state index contributed by atoms with van der Waals surface area (Å²) in [6.45, 7) is 1.51. The van der Waals surface area contributed by atoms with E-state index in [0.29, 0.717) is 11.5 Å². The van der Waals surface area contributed by atoms with Gasteiger partial charge in [0.05, 0.1) is 12.8 Å². The topological polar surface area (TPSA) is 47.6 Å². The van der Waals surface area contributed by atoms with Crippen LogP contribution >= 0.6 is 0 Å². The summed E-state index contributed by atoms with van der Waals surface area (Å²) < 4.78 is 37.0. The van der Waals surface area contributed by atoms with Gasteiger partial charge >= 0.3 is 0 Å². The average molecular weight is 307 g/mol. The van der Waals surface area contributed by atoms with Crippen LogP contribution in [0.3, 0.4) is 0 Å². The van der Waals surface area contributed by atoms with Gasteiger partial charge in [-0.05, 0) is 31.2 Å². The monoisotopic (exact) mass is 307 g/mol. The summed E-state index contributed by atoms with van der Waals surface area (Å²) in [7, 11) is 1.52. The lowest BCUT2D eigenvalue weighted by Crippen LogP contribution is -2.30. The Kier molecular flexibility index (Phi) is 4.93. The molecule has 0 saturated carbocycles. The second-order valence-electron chi connectivity index (χ2n) is 4.55. The third-order valence-electron chi connectivity index (χ3n) is 2.91. The molecule has 0 saturated heterocycles. The third kappa shape index (κ3) is 3.94. The zero-order valence-electron chi connectivity index (χ0n) is 12.1. The fourth-order valence-corrected chi connectivity index (χ4v) is 1.76. The van der Waals surface area contributed by atoms with Gasteiger partial charge in [0.25, 0.3) is 5.91 Å². The van der Waals surface area contributed by atoms with E-state index in [1.165, 1.54) is 14.0 Å². The number of carbonyl (C=O) groups excluding carboxylic acids is 1. The van der Waals surface area contributed by atoms with Crippen molar-refractivity contribution in [3.8, 4) is 11.5 Å². The smallest absolute Gasteiger partial charge is 0.265 e. The number of halogens is 2. The minimum absolute atomic E-state index is 0.230. The quantitative estimate of drug-likeness (QED) is 0.921. The molecule has 4 nitrogen and oxygen atoms in total. The Labute approximate surface area is 126 Å². The molecule has 1 amide bonds. The van der Waals surface area contributed by atoms with Crippen LogP contribution in [0.2, 0.25) is 0 Å². The zero-order valence-corrected chi connectivity index (χ0v) is 12.1. The molecular weight excluding hydrogens is 292 g/mol. The van der Waals surface area contributed by atoms with E-state index >= 15 is 0 Å². The summed E-state index contributed by atoms with van der Waals surface area (Å²) in [5.74, 6) is -0.934. The van der Waals surface area contributed by atoms with Gasteiger partial charge in [0, 0.05) is 12.1 Å². The van der Waals surface area contributed by atoms with E-state index in [9.17, 15) is 13.6 Å². The van der Waals surface area contributed by atoms with Crippen LogP contribution in [0, 0.1) is 11.6 Å². The average Bonchev–Trinajstić information content (AvgIpc) is 2.51. The van der Waals surface area contributed by atoms with E-state index in [1.807, 2.05) is 0 Å². The number of nitrogens with one attached hydrogen (secondary N) is 1. The van der Waals surface area contributed by atoms with Crippen molar-refractivity contribution in [2.24, 2.45) is 0 Å². The zero-order chi connectivity index (χ0) is 16.1. The van der Waals surface area contributed by atoms with Crippen LogP contribution in [0.4, 0.5) is 14.5 Å². The number of ether oxygens (including phenoxy) is 2. The number of hydrogen-bond acceptors (Lipinski definition) is 3. The molecule has 22 heavy (non-hydrogen) atoms. The molecule has 0 aliphatic heterocycles. The van der Waals surface area contributed by atoms with E-state index in [-0.39, 0.29) is 5.69 Å². The van der Waals surface area contributed by atoms with Gasteiger partial charge in [0.2, 0.25) is 0 Å². The molecule has 2 rings (SSSR count). The molecule has 6 heteroatoms. The molecule has 2 aromatic carbocycles. The van der Waals surface area contributed by atoms with Crippen molar-refractivity contribution in [2.45, 2.75) is 13.0 Å². The van der Waals surface area contributed by atoms with E-state index < -0.39 is 23.6 Å². The summed E-state index contributed by atoms with van der Waals surface area (Å²) in [6.07, 6.45) is -0.894. The third-order valence-corrected chi connectivity index (χ3v) is 2.91. The van der Waals surface area contributed by atoms with Crippen molar-refractivity contribution in [3.05, 3.63) is 54.1 Å². The molecule has 0 aliphatic rings. The van der Waals surface area contributed by atoms with Gasteiger partial charge in [-0.25, -0.2) is 8.78 Å². The van der Waals surface area contributed by atoms with Crippen LogP contribution in [0.5, 0.6) is 11.5 Å². The lowest BCUT2D eigenvalue weighted by molar-refractivity contribution is -0.122. The largest absolute Gasteiger partial charge is 0.497 e. The Bertz CT molecular complexity index is 676. The normalized spacial score (nSPS) is 11.6. The molecule has 0 radical (unpaired) electrons. The summed E-state index contributed by atoms with van der Waals surface area (Å²) in [6, 6.07) is 9.55. The maximum atomic E-state index is 13.5. The standard InChI is InChI=1S/C16H15F2NO3/c1-10(22-13-5-3-4-12(9-13)21-2)16(20)19-15-8-11(17)6-7-14(15)18/h3-10H,1-2H3,(H,19,20). The summed E-state index contributed by atoms with van der Waals surface area (Å²) in [5.41, 5.74) is -0.230. The molecule has 0 aliphatic carbocycles. The molecule has 0 heterocycles. The lowest BCUT2D eigenvalue weighted by atomic mass is 10.2. The molecule has 0 aromatic heterocycles. The van der Waals surface area contributed by atoms with Crippen molar-refractivity contribution in [3.63, 3.8) is 0 Å². The van der Waals surface area contributed by atoms with Crippen LogP contribution in [-0.2, 0) is 4.79 Å². The summed E-state index contributed by atoms with van der Waals surface area (Å²) in [5, 5.41) is 2.29. The number of rotatable bonds is 5. The van der Waals surface area contributed by atoms with Crippen LogP contribution in [0.15, 0.2) is 42.5 Å². The van der Waals surface area contributed by atoms with Gasteiger partial charge in [-0.3, -0.25) is 4.79 Å². The Balaban J connectivity index is 2.04. The number of amides is 1. The molecule has 2 aromatic rings. The second kappa shape index (κ2) is 6.89. The fraction of sp³-hybridized carbons (Fsp3) is 0.188. The van der Waals surface area contributed by atoms with Crippen molar-refractivity contribution in [1.82, 2.24) is 0 Å². The maximum absolute atomic E-state index is 13.5. The highest BCUT2D eigenvalue weighted by atomic mass is 19.1. The number of benzene rings is 2. The minimum atomic E-state index is -0.894. The first-order valence-electron chi connectivity index (χ1n) is 6.56. The van der Waals surface area contributed by atoms with E-state index in [0.717, 1.165) is 18.2 Å². The molecule has 0 spiro atoms. The molecule has 116 valence electrons. The van der Waals surface area contributed by atoms with Crippen LogP contribution in [0.25, 0.3) is 0 Å². The first-order chi connectivity index (χ1) is 10.5. The summed E-state index contributed by atoms with van der Waals surface area (Å²) >= 11 is 0. The van der Waals surface area contributed by atoms with Gasteiger partial charge in [-0.1, -0.05) is 6.07 Å². The highest BCUT2D eigenvalue weighted by Gasteiger charge is 2.17. The Morgan fingerprint density at radius 1 is 1.14 bits per heavy atom. The van der Waals surface area contributed by atoms with Gasteiger partial charge in [-0.15, -0.1) is 0 Å². The van der Waals surface area contributed by atoms with Crippen LogP contribution in [-0.4, -0.2) is 19.1 Å². The summed E-state index contributed by atoms with van der Waals surface area (Å²) in [4.78, 5) is 12.0. The van der Waals surface area contributed by atoms with Crippen molar-refractivity contribution < 1.29 is 23.0 Å². The number of methoxy groups -OCH3 is 1. The SMILES string of the molecule is COc1cccc(OC(C)C(=O)Nc2cc(F)ccc2F)c1. The van der Waals surface area contributed by atoms with Crippen LogP contribution in [0.1, 0.15) is 6.92 Å². The Morgan fingerprint density at radius 3 is 2.59 bits per heavy atom. The maximum Gasteiger partial charge on any atom is 0.265 e. The molecule has 1 N–H and O–H groups in total. The Morgan fingerprint density at radius 2 is 1.86 bits per heavy atom. The molecule has 1 unspecified atom stereocenters. The Hall–Kier alpha value is -2.63. The van der Waals surface area contributed by atoms with Gasteiger partial charge in [0.15, 0.2) is 6.10 Å². The van der Waals surface area contributed by atoms with Gasteiger partial charge in [0.1, 0.15) is 23.1 Å². The fourth-order valence-electron chi connectivity index (χ4n) is 1.76.